The lowest BCUT2D eigenvalue weighted by atomic mass is 10.1. The molecule has 22 heavy (non-hydrogen) atoms. The van der Waals surface area contributed by atoms with Gasteiger partial charge in [-0.15, -0.1) is 0 Å². The van der Waals surface area contributed by atoms with Crippen LogP contribution in [0.4, 0.5) is 5.69 Å². The number of hydrogen-bond acceptors (Lipinski definition) is 4. The second-order valence-corrected chi connectivity index (χ2v) is 5.33. The molecule has 2 aromatic rings. The smallest absolute Gasteiger partial charge is 0.268 e. The van der Waals surface area contributed by atoms with Gasteiger partial charge in [-0.25, -0.2) is 0 Å². The van der Waals surface area contributed by atoms with Crippen molar-refractivity contribution in [2.24, 2.45) is 0 Å². The van der Waals surface area contributed by atoms with E-state index in [1.165, 1.54) is 0 Å². The number of amides is 1. The fraction of sp³-hybridized carbons (Fsp3) is 0.235. The van der Waals surface area contributed by atoms with Crippen LogP contribution in [0.2, 0.25) is 0 Å². The average Bonchev–Trinajstić information content (AvgIpc) is 2.96. The van der Waals surface area contributed by atoms with Crippen LogP contribution in [-0.2, 0) is 11.3 Å². The van der Waals surface area contributed by atoms with E-state index in [-0.39, 0.29) is 12.7 Å². The van der Waals surface area contributed by atoms with E-state index in [1.807, 2.05) is 42.5 Å². The topological polar surface area (TPSA) is 48.0 Å². The number of nitrogens with zero attached hydrogens (tertiary/aromatic N) is 1. The Hall–Kier alpha value is -2.69. The summed E-state index contributed by atoms with van der Waals surface area (Å²) in [5.74, 6) is 2.05. The van der Waals surface area contributed by atoms with Crippen LogP contribution >= 0.6 is 0 Å². The molecule has 2 aliphatic heterocycles. The van der Waals surface area contributed by atoms with Crippen molar-refractivity contribution in [1.29, 1.82) is 0 Å². The molecule has 1 atom stereocenters. The van der Waals surface area contributed by atoms with Crippen LogP contribution in [0, 0.1) is 0 Å². The fourth-order valence-electron chi connectivity index (χ4n) is 2.73. The van der Waals surface area contributed by atoms with Gasteiger partial charge < -0.3 is 19.1 Å². The van der Waals surface area contributed by atoms with Crippen molar-refractivity contribution in [3.8, 4) is 17.2 Å². The molecule has 0 fully saturated rings. The second kappa shape index (κ2) is 4.94. The molecule has 1 amide bonds. The molecular weight excluding hydrogens is 282 g/mol. The average molecular weight is 297 g/mol. The van der Waals surface area contributed by atoms with Crippen molar-refractivity contribution in [3.05, 3.63) is 48.0 Å². The van der Waals surface area contributed by atoms with Gasteiger partial charge in [0.05, 0.1) is 6.54 Å². The van der Waals surface area contributed by atoms with Gasteiger partial charge >= 0.3 is 0 Å². The summed E-state index contributed by atoms with van der Waals surface area (Å²) in [6.45, 7) is 2.46. The third-order valence-corrected chi connectivity index (χ3v) is 3.89. The van der Waals surface area contributed by atoms with E-state index >= 15 is 0 Å². The van der Waals surface area contributed by atoms with E-state index < -0.39 is 6.10 Å². The van der Waals surface area contributed by atoms with E-state index in [9.17, 15) is 4.79 Å². The SMILES string of the molecule is C[C@@H]1Oc2ccccc2CN(c2ccc3c(c2)OCO3)C1=O. The van der Waals surface area contributed by atoms with Gasteiger partial charge in [-0.2, -0.15) is 0 Å². The molecule has 2 aliphatic rings. The summed E-state index contributed by atoms with van der Waals surface area (Å²) in [5.41, 5.74) is 1.76. The van der Waals surface area contributed by atoms with E-state index in [4.69, 9.17) is 14.2 Å². The zero-order valence-electron chi connectivity index (χ0n) is 12.1. The van der Waals surface area contributed by atoms with Gasteiger partial charge in [0.15, 0.2) is 17.6 Å². The molecule has 0 spiro atoms. The quantitative estimate of drug-likeness (QED) is 0.812. The second-order valence-electron chi connectivity index (χ2n) is 5.33. The maximum absolute atomic E-state index is 12.6. The van der Waals surface area contributed by atoms with E-state index in [1.54, 1.807) is 11.8 Å². The Labute approximate surface area is 128 Å². The largest absolute Gasteiger partial charge is 0.481 e. The predicted octanol–water partition coefficient (Wildman–Crippen LogP) is 2.73. The van der Waals surface area contributed by atoms with Crippen molar-refractivity contribution < 1.29 is 19.0 Å². The fourth-order valence-corrected chi connectivity index (χ4v) is 2.73. The normalized spacial score (nSPS) is 19.4. The molecule has 0 unspecified atom stereocenters. The molecule has 5 heteroatoms. The standard InChI is InChI=1S/C17H15NO4/c1-11-17(19)18(9-12-4-2-3-5-14(12)22-11)13-6-7-15-16(8-13)21-10-20-15/h2-8,11H,9-10H2,1H3/t11-/m0/s1. The van der Waals surface area contributed by atoms with Gasteiger partial charge in [-0.3, -0.25) is 4.79 Å². The Morgan fingerprint density at radius 1 is 1.05 bits per heavy atom. The number of ether oxygens (including phenoxy) is 3. The predicted molar refractivity (Wildman–Crippen MR) is 80.3 cm³/mol. The van der Waals surface area contributed by atoms with Gasteiger partial charge in [-0.1, -0.05) is 18.2 Å². The molecule has 0 N–H and O–H groups in total. The zero-order valence-corrected chi connectivity index (χ0v) is 12.1. The maximum Gasteiger partial charge on any atom is 0.268 e. The summed E-state index contributed by atoms with van der Waals surface area (Å²) in [4.78, 5) is 14.4. The molecule has 2 aromatic carbocycles. The number of rotatable bonds is 1. The highest BCUT2D eigenvalue weighted by Gasteiger charge is 2.29. The highest BCUT2D eigenvalue weighted by atomic mass is 16.7. The van der Waals surface area contributed by atoms with Crippen LogP contribution in [0.3, 0.4) is 0 Å². The summed E-state index contributed by atoms with van der Waals surface area (Å²) in [6.07, 6.45) is -0.533. The first-order chi connectivity index (χ1) is 10.7. The third kappa shape index (κ3) is 2.06. The van der Waals surface area contributed by atoms with Gasteiger partial charge in [0.1, 0.15) is 5.75 Å². The molecule has 5 nitrogen and oxygen atoms in total. The number of carbonyl (C=O) groups is 1. The van der Waals surface area contributed by atoms with E-state index in [0.29, 0.717) is 18.0 Å². The summed E-state index contributed by atoms with van der Waals surface area (Å²) in [6, 6.07) is 13.2. The number of hydrogen-bond donors (Lipinski definition) is 0. The van der Waals surface area contributed by atoms with Crippen LogP contribution in [0.5, 0.6) is 17.2 Å². The Morgan fingerprint density at radius 3 is 2.77 bits per heavy atom. The van der Waals surface area contributed by atoms with Gasteiger partial charge in [0.25, 0.3) is 5.91 Å². The number of para-hydroxylation sites is 1. The van der Waals surface area contributed by atoms with Gasteiger partial charge in [0, 0.05) is 17.3 Å². The molecule has 4 rings (SSSR count). The Kier molecular flexibility index (Phi) is 2.92. The molecule has 0 bridgehead atoms. The highest BCUT2D eigenvalue weighted by molar-refractivity contribution is 5.97. The van der Waals surface area contributed by atoms with Crippen LogP contribution in [0.15, 0.2) is 42.5 Å². The summed E-state index contributed by atoms with van der Waals surface area (Å²) < 4.78 is 16.5. The lowest BCUT2D eigenvalue weighted by molar-refractivity contribution is -0.124. The first kappa shape index (κ1) is 13.0. The molecular formula is C17H15NO4. The van der Waals surface area contributed by atoms with Crippen molar-refractivity contribution in [2.75, 3.05) is 11.7 Å². The minimum atomic E-state index is -0.533. The lowest BCUT2D eigenvalue weighted by Crippen LogP contribution is -2.37. The van der Waals surface area contributed by atoms with Crippen molar-refractivity contribution >= 4 is 11.6 Å². The van der Waals surface area contributed by atoms with Crippen LogP contribution in [-0.4, -0.2) is 18.8 Å². The first-order valence-corrected chi connectivity index (χ1v) is 7.18. The number of anilines is 1. The molecule has 0 saturated carbocycles. The van der Waals surface area contributed by atoms with Crippen molar-refractivity contribution in [1.82, 2.24) is 0 Å². The molecule has 2 heterocycles. The number of carbonyl (C=O) groups excluding carboxylic acids is 1. The number of fused-ring (bicyclic) bond motifs is 2. The van der Waals surface area contributed by atoms with E-state index in [2.05, 4.69) is 0 Å². The molecule has 0 aromatic heterocycles. The molecule has 0 radical (unpaired) electrons. The molecule has 0 saturated heterocycles. The monoisotopic (exact) mass is 297 g/mol. The van der Waals surface area contributed by atoms with Crippen LogP contribution in [0.25, 0.3) is 0 Å². The Bertz CT molecular complexity index is 743. The highest BCUT2D eigenvalue weighted by Crippen LogP contribution is 2.37. The summed E-state index contributed by atoms with van der Waals surface area (Å²) in [5, 5.41) is 0. The molecule has 0 aliphatic carbocycles. The number of benzene rings is 2. The van der Waals surface area contributed by atoms with Crippen molar-refractivity contribution in [2.45, 2.75) is 19.6 Å². The van der Waals surface area contributed by atoms with Crippen molar-refractivity contribution in [3.63, 3.8) is 0 Å². The van der Waals surface area contributed by atoms with E-state index in [0.717, 1.165) is 17.0 Å². The minimum absolute atomic E-state index is 0.0740. The summed E-state index contributed by atoms with van der Waals surface area (Å²) in [7, 11) is 0. The van der Waals surface area contributed by atoms with Gasteiger partial charge in [0.2, 0.25) is 6.79 Å². The Balaban J connectivity index is 1.75. The van der Waals surface area contributed by atoms with Crippen LogP contribution < -0.4 is 19.1 Å². The lowest BCUT2D eigenvalue weighted by Gasteiger charge is -2.22. The van der Waals surface area contributed by atoms with Gasteiger partial charge in [-0.05, 0) is 25.1 Å². The minimum Gasteiger partial charge on any atom is -0.481 e. The van der Waals surface area contributed by atoms with Crippen LogP contribution in [0.1, 0.15) is 12.5 Å². The Morgan fingerprint density at radius 2 is 1.86 bits per heavy atom. The third-order valence-electron chi connectivity index (χ3n) is 3.89. The summed E-state index contributed by atoms with van der Waals surface area (Å²) >= 11 is 0. The maximum atomic E-state index is 12.6. The zero-order chi connectivity index (χ0) is 15.1. The molecule has 112 valence electrons. The first-order valence-electron chi connectivity index (χ1n) is 7.18.